The first-order valence-corrected chi connectivity index (χ1v) is 9.01. The van der Waals surface area contributed by atoms with Crippen molar-refractivity contribution in [3.05, 3.63) is 29.8 Å². The molecule has 1 amide bonds. The standard InChI is InChI=1S/C17H26N2O2S/c1-4-18(5-2)11-6-12-19-16(20)13-22-17(19)14-7-9-15(21-3)10-8-14/h7-10,17H,4-6,11-13H2,1-3H3. The third-order valence-electron chi connectivity index (χ3n) is 4.14. The van der Waals surface area contributed by atoms with Gasteiger partial charge in [0.15, 0.2) is 0 Å². The summed E-state index contributed by atoms with van der Waals surface area (Å²) in [5.41, 5.74) is 1.18. The number of amides is 1. The molecule has 0 aliphatic carbocycles. The molecule has 1 fully saturated rings. The number of hydrogen-bond acceptors (Lipinski definition) is 4. The molecule has 4 nitrogen and oxygen atoms in total. The molecule has 1 atom stereocenters. The van der Waals surface area contributed by atoms with Gasteiger partial charge in [-0.05, 0) is 43.8 Å². The molecule has 1 saturated heterocycles. The van der Waals surface area contributed by atoms with Crippen LogP contribution in [0.5, 0.6) is 5.75 Å². The van der Waals surface area contributed by atoms with Crippen molar-refractivity contribution in [3.8, 4) is 5.75 Å². The molecule has 0 spiro atoms. The molecule has 0 radical (unpaired) electrons. The Labute approximate surface area is 137 Å². The number of rotatable bonds is 8. The smallest absolute Gasteiger partial charge is 0.233 e. The maximum atomic E-state index is 12.2. The minimum atomic E-state index is 0.148. The Hall–Kier alpha value is -1.20. The molecule has 0 N–H and O–H groups in total. The van der Waals surface area contributed by atoms with E-state index in [2.05, 4.69) is 30.9 Å². The van der Waals surface area contributed by atoms with Crippen LogP contribution in [0.4, 0.5) is 0 Å². The molecular weight excluding hydrogens is 296 g/mol. The van der Waals surface area contributed by atoms with Crippen LogP contribution in [-0.4, -0.2) is 54.7 Å². The van der Waals surface area contributed by atoms with E-state index in [-0.39, 0.29) is 11.3 Å². The highest BCUT2D eigenvalue weighted by molar-refractivity contribution is 8.00. The van der Waals surface area contributed by atoms with Gasteiger partial charge < -0.3 is 14.5 Å². The molecule has 0 saturated carbocycles. The predicted molar refractivity (Wildman–Crippen MR) is 92.3 cm³/mol. The maximum absolute atomic E-state index is 12.2. The Morgan fingerprint density at radius 3 is 2.55 bits per heavy atom. The third kappa shape index (κ3) is 4.17. The van der Waals surface area contributed by atoms with E-state index in [0.717, 1.165) is 38.3 Å². The van der Waals surface area contributed by atoms with Crippen molar-refractivity contribution in [3.63, 3.8) is 0 Å². The van der Waals surface area contributed by atoms with Gasteiger partial charge in [-0.25, -0.2) is 0 Å². The lowest BCUT2D eigenvalue weighted by Crippen LogP contribution is -2.32. The van der Waals surface area contributed by atoms with E-state index in [9.17, 15) is 4.79 Å². The number of nitrogens with zero attached hydrogens (tertiary/aromatic N) is 2. The van der Waals surface area contributed by atoms with Gasteiger partial charge in [0.25, 0.3) is 0 Å². The lowest BCUT2D eigenvalue weighted by Gasteiger charge is -2.26. The minimum absolute atomic E-state index is 0.148. The predicted octanol–water partition coefficient (Wildman–Crippen LogP) is 3.00. The van der Waals surface area contributed by atoms with Gasteiger partial charge in [-0.3, -0.25) is 4.79 Å². The molecule has 1 aromatic carbocycles. The topological polar surface area (TPSA) is 32.8 Å². The van der Waals surface area contributed by atoms with Crippen LogP contribution in [0.15, 0.2) is 24.3 Å². The number of hydrogen-bond donors (Lipinski definition) is 0. The van der Waals surface area contributed by atoms with E-state index in [1.165, 1.54) is 5.56 Å². The van der Waals surface area contributed by atoms with Gasteiger partial charge in [-0.15, -0.1) is 11.8 Å². The highest BCUT2D eigenvalue weighted by Crippen LogP contribution is 2.39. The van der Waals surface area contributed by atoms with E-state index < -0.39 is 0 Å². The van der Waals surface area contributed by atoms with Crippen LogP contribution >= 0.6 is 11.8 Å². The highest BCUT2D eigenvalue weighted by atomic mass is 32.2. The summed E-state index contributed by atoms with van der Waals surface area (Å²) >= 11 is 1.72. The molecule has 1 heterocycles. The summed E-state index contributed by atoms with van der Waals surface area (Å²) < 4.78 is 5.20. The van der Waals surface area contributed by atoms with Crippen molar-refractivity contribution in [1.29, 1.82) is 0 Å². The molecule has 2 rings (SSSR count). The lowest BCUT2D eigenvalue weighted by atomic mass is 10.2. The summed E-state index contributed by atoms with van der Waals surface area (Å²) in [5.74, 6) is 1.69. The van der Waals surface area contributed by atoms with Crippen LogP contribution in [-0.2, 0) is 4.79 Å². The van der Waals surface area contributed by atoms with Gasteiger partial charge in [0, 0.05) is 6.54 Å². The van der Waals surface area contributed by atoms with Crippen molar-refractivity contribution in [2.24, 2.45) is 0 Å². The fourth-order valence-corrected chi connectivity index (χ4v) is 3.96. The van der Waals surface area contributed by atoms with Crippen LogP contribution in [0.3, 0.4) is 0 Å². The van der Waals surface area contributed by atoms with E-state index in [1.807, 2.05) is 17.0 Å². The molecule has 1 aliphatic heterocycles. The zero-order chi connectivity index (χ0) is 15.9. The highest BCUT2D eigenvalue weighted by Gasteiger charge is 2.32. The van der Waals surface area contributed by atoms with E-state index in [4.69, 9.17) is 4.74 Å². The second-order valence-electron chi connectivity index (χ2n) is 5.40. The van der Waals surface area contributed by atoms with Crippen molar-refractivity contribution in [2.45, 2.75) is 25.6 Å². The Kier molecular flexibility index (Phi) is 6.58. The molecule has 122 valence electrons. The fourth-order valence-electron chi connectivity index (χ4n) is 2.75. The Balaban J connectivity index is 1.96. The average Bonchev–Trinajstić information content (AvgIpc) is 2.92. The summed E-state index contributed by atoms with van der Waals surface area (Å²) in [5, 5.41) is 0.148. The minimum Gasteiger partial charge on any atom is -0.497 e. The second kappa shape index (κ2) is 8.44. The van der Waals surface area contributed by atoms with Crippen molar-refractivity contribution in [1.82, 2.24) is 9.80 Å². The van der Waals surface area contributed by atoms with Gasteiger partial charge in [0.2, 0.25) is 5.91 Å². The first-order valence-electron chi connectivity index (χ1n) is 7.97. The first kappa shape index (κ1) is 17.2. The van der Waals surface area contributed by atoms with Crippen LogP contribution in [0.2, 0.25) is 0 Å². The van der Waals surface area contributed by atoms with Crippen LogP contribution in [0.1, 0.15) is 31.2 Å². The normalized spacial score (nSPS) is 18.3. The molecule has 1 aliphatic rings. The number of methoxy groups -OCH3 is 1. The zero-order valence-electron chi connectivity index (χ0n) is 13.7. The van der Waals surface area contributed by atoms with Gasteiger partial charge in [0.1, 0.15) is 11.1 Å². The first-order chi connectivity index (χ1) is 10.7. The zero-order valence-corrected chi connectivity index (χ0v) is 14.6. The SMILES string of the molecule is CCN(CC)CCCN1C(=O)CSC1c1ccc(OC)cc1. The summed E-state index contributed by atoms with van der Waals surface area (Å²) in [6.45, 7) is 8.39. The number of carbonyl (C=O) groups is 1. The number of ether oxygens (including phenoxy) is 1. The lowest BCUT2D eigenvalue weighted by molar-refractivity contribution is -0.128. The molecule has 0 aromatic heterocycles. The van der Waals surface area contributed by atoms with Gasteiger partial charge in [-0.2, -0.15) is 0 Å². The summed E-state index contributed by atoms with van der Waals surface area (Å²) in [7, 11) is 1.67. The Morgan fingerprint density at radius 1 is 1.27 bits per heavy atom. The molecule has 1 aromatic rings. The van der Waals surface area contributed by atoms with Crippen LogP contribution in [0.25, 0.3) is 0 Å². The van der Waals surface area contributed by atoms with Crippen LogP contribution < -0.4 is 4.74 Å². The Morgan fingerprint density at radius 2 is 1.95 bits per heavy atom. The molecule has 22 heavy (non-hydrogen) atoms. The molecule has 5 heteroatoms. The largest absolute Gasteiger partial charge is 0.497 e. The van der Waals surface area contributed by atoms with E-state index in [1.54, 1.807) is 18.9 Å². The summed E-state index contributed by atoms with van der Waals surface area (Å²) in [4.78, 5) is 16.6. The van der Waals surface area contributed by atoms with E-state index in [0.29, 0.717) is 5.75 Å². The molecule has 0 bridgehead atoms. The van der Waals surface area contributed by atoms with E-state index >= 15 is 0 Å². The maximum Gasteiger partial charge on any atom is 0.233 e. The van der Waals surface area contributed by atoms with Crippen LogP contribution in [0, 0.1) is 0 Å². The number of benzene rings is 1. The van der Waals surface area contributed by atoms with Crippen molar-refractivity contribution >= 4 is 17.7 Å². The number of thioether (sulfide) groups is 1. The summed E-state index contributed by atoms with van der Waals surface area (Å²) in [6.07, 6.45) is 1.03. The van der Waals surface area contributed by atoms with Gasteiger partial charge in [-0.1, -0.05) is 26.0 Å². The monoisotopic (exact) mass is 322 g/mol. The summed E-state index contributed by atoms with van der Waals surface area (Å²) in [6, 6.07) is 8.05. The Bertz CT molecular complexity index is 474. The third-order valence-corrected chi connectivity index (χ3v) is 5.39. The van der Waals surface area contributed by atoms with Crippen molar-refractivity contribution < 1.29 is 9.53 Å². The second-order valence-corrected chi connectivity index (χ2v) is 6.47. The fraction of sp³-hybridized carbons (Fsp3) is 0.588. The average molecular weight is 322 g/mol. The molecular formula is C17H26N2O2S. The quantitative estimate of drug-likeness (QED) is 0.736. The number of carbonyl (C=O) groups excluding carboxylic acids is 1. The molecule has 1 unspecified atom stereocenters. The van der Waals surface area contributed by atoms with Gasteiger partial charge >= 0.3 is 0 Å². The van der Waals surface area contributed by atoms with Crippen molar-refractivity contribution in [2.75, 3.05) is 39.0 Å². The van der Waals surface area contributed by atoms with Gasteiger partial charge in [0.05, 0.1) is 12.9 Å².